The lowest BCUT2D eigenvalue weighted by Gasteiger charge is -2.28. The molecule has 112 valence electrons. The molecule has 0 aromatic heterocycles. The molecule has 1 aliphatic heterocycles. The van der Waals surface area contributed by atoms with E-state index in [0.29, 0.717) is 12.4 Å². The zero-order valence-corrected chi connectivity index (χ0v) is 12.9. The fourth-order valence-corrected chi connectivity index (χ4v) is 3.95. The Balaban J connectivity index is 2.54. The highest BCUT2D eigenvalue weighted by Crippen LogP contribution is 2.35. The van der Waals surface area contributed by atoms with Crippen LogP contribution in [0.3, 0.4) is 0 Å². The number of hydrogen-bond donors (Lipinski definition) is 0. The van der Waals surface area contributed by atoms with Crippen LogP contribution in [0.5, 0.6) is 11.5 Å². The van der Waals surface area contributed by atoms with Crippen molar-refractivity contribution in [2.75, 3.05) is 27.6 Å². The number of methoxy groups -OCH3 is 2. The van der Waals surface area contributed by atoms with Gasteiger partial charge in [-0.25, -0.2) is 8.42 Å². The van der Waals surface area contributed by atoms with Crippen LogP contribution in [0.1, 0.15) is 13.8 Å². The summed E-state index contributed by atoms with van der Waals surface area (Å²) in [4.78, 5) is 0.0814. The Morgan fingerprint density at radius 3 is 2.45 bits per heavy atom. The Morgan fingerprint density at radius 2 is 1.95 bits per heavy atom. The second-order valence-electron chi connectivity index (χ2n) is 5.16. The van der Waals surface area contributed by atoms with Crippen LogP contribution in [-0.4, -0.2) is 45.8 Å². The lowest BCUT2D eigenvalue weighted by atomic mass is 10.1. The molecule has 0 radical (unpaired) electrons. The maximum absolute atomic E-state index is 12.8. The number of nitrogens with zero attached hydrogens (tertiary/aromatic N) is 1. The molecule has 1 fully saturated rings. The Hall–Kier alpha value is -1.31. The molecular weight excluding hydrogens is 282 g/mol. The zero-order valence-electron chi connectivity index (χ0n) is 12.0. The first-order chi connectivity index (χ1) is 9.32. The Kier molecular flexibility index (Phi) is 3.95. The molecule has 1 aliphatic rings. The zero-order chi connectivity index (χ0) is 15.0. The molecule has 2 rings (SSSR count). The molecular formula is C13H19NO5S. The number of sulfonamides is 1. The van der Waals surface area contributed by atoms with Crippen LogP contribution >= 0.6 is 0 Å². The van der Waals surface area contributed by atoms with E-state index in [2.05, 4.69) is 0 Å². The van der Waals surface area contributed by atoms with Crippen LogP contribution in [0.4, 0.5) is 0 Å². The molecule has 7 heteroatoms. The lowest BCUT2D eigenvalue weighted by molar-refractivity contribution is 0.171. The maximum atomic E-state index is 12.8. The first-order valence-corrected chi connectivity index (χ1v) is 7.59. The molecule has 1 aromatic rings. The molecule has 1 heterocycles. The quantitative estimate of drug-likeness (QED) is 0.842. The van der Waals surface area contributed by atoms with E-state index in [9.17, 15) is 8.42 Å². The molecule has 0 aliphatic carbocycles. The lowest BCUT2D eigenvalue weighted by Crippen LogP contribution is -2.44. The van der Waals surface area contributed by atoms with E-state index < -0.39 is 15.6 Å². The third-order valence-electron chi connectivity index (χ3n) is 3.28. The van der Waals surface area contributed by atoms with E-state index in [4.69, 9.17) is 14.2 Å². The van der Waals surface area contributed by atoms with E-state index in [1.165, 1.54) is 24.6 Å². The Morgan fingerprint density at radius 1 is 1.25 bits per heavy atom. The highest BCUT2D eigenvalue weighted by Gasteiger charge is 2.43. The molecule has 1 saturated heterocycles. The van der Waals surface area contributed by atoms with Gasteiger partial charge in [-0.15, -0.1) is 0 Å². The summed E-state index contributed by atoms with van der Waals surface area (Å²) >= 11 is 0. The van der Waals surface area contributed by atoms with E-state index in [1.54, 1.807) is 12.1 Å². The summed E-state index contributed by atoms with van der Waals surface area (Å²) in [5.41, 5.74) is -0.590. The summed E-state index contributed by atoms with van der Waals surface area (Å²) in [6, 6.07) is 4.70. The summed E-state index contributed by atoms with van der Waals surface area (Å²) < 4.78 is 42.5. The minimum Gasteiger partial charge on any atom is -0.497 e. The smallest absolute Gasteiger partial charge is 0.249 e. The van der Waals surface area contributed by atoms with Crippen molar-refractivity contribution in [2.24, 2.45) is 0 Å². The normalized spacial score (nSPS) is 19.0. The first kappa shape index (κ1) is 15.1. The minimum absolute atomic E-state index is 0.0374. The van der Waals surface area contributed by atoms with Gasteiger partial charge in [-0.1, -0.05) is 0 Å². The number of ether oxygens (including phenoxy) is 3. The van der Waals surface area contributed by atoms with Crippen molar-refractivity contribution in [1.82, 2.24) is 4.31 Å². The van der Waals surface area contributed by atoms with E-state index in [1.807, 2.05) is 13.8 Å². The SMILES string of the molecule is COc1ccc(OC)c(S(=O)(=O)N2COCC2(C)C)c1. The van der Waals surface area contributed by atoms with Gasteiger partial charge in [0.2, 0.25) is 10.0 Å². The summed E-state index contributed by atoms with van der Waals surface area (Å²) in [5.74, 6) is 0.746. The van der Waals surface area contributed by atoms with Crippen LogP contribution in [0, 0.1) is 0 Å². The molecule has 0 amide bonds. The fourth-order valence-electron chi connectivity index (χ4n) is 2.12. The van der Waals surface area contributed by atoms with E-state index in [0.717, 1.165) is 0 Å². The summed E-state index contributed by atoms with van der Waals surface area (Å²) in [5, 5.41) is 0. The van der Waals surface area contributed by atoms with Crippen molar-refractivity contribution in [3.63, 3.8) is 0 Å². The van der Waals surface area contributed by atoms with Gasteiger partial charge in [0.15, 0.2) is 0 Å². The highest BCUT2D eigenvalue weighted by atomic mass is 32.2. The Labute approximate surface area is 119 Å². The summed E-state index contributed by atoms with van der Waals surface area (Å²) in [6.07, 6.45) is 0. The predicted octanol–water partition coefficient (Wildman–Crippen LogP) is 1.46. The minimum atomic E-state index is -3.72. The van der Waals surface area contributed by atoms with Crippen molar-refractivity contribution in [3.05, 3.63) is 18.2 Å². The van der Waals surface area contributed by atoms with Crippen LogP contribution in [0.15, 0.2) is 23.1 Å². The van der Waals surface area contributed by atoms with Crippen molar-refractivity contribution < 1.29 is 22.6 Å². The van der Waals surface area contributed by atoms with Gasteiger partial charge >= 0.3 is 0 Å². The number of rotatable bonds is 4. The van der Waals surface area contributed by atoms with Gasteiger partial charge in [0.05, 0.1) is 26.4 Å². The second kappa shape index (κ2) is 5.23. The molecule has 1 aromatic carbocycles. The average molecular weight is 301 g/mol. The van der Waals surface area contributed by atoms with Gasteiger partial charge in [0.25, 0.3) is 0 Å². The molecule has 0 spiro atoms. The third kappa shape index (κ3) is 2.48. The molecule has 0 N–H and O–H groups in total. The topological polar surface area (TPSA) is 65.1 Å². The fraction of sp³-hybridized carbons (Fsp3) is 0.538. The van der Waals surface area contributed by atoms with Crippen LogP contribution in [-0.2, 0) is 14.8 Å². The number of benzene rings is 1. The van der Waals surface area contributed by atoms with Gasteiger partial charge in [-0.3, -0.25) is 0 Å². The molecule has 0 unspecified atom stereocenters. The highest BCUT2D eigenvalue weighted by molar-refractivity contribution is 7.89. The van der Waals surface area contributed by atoms with Gasteiger partial charge in [-0.2, -0.15) is 4.31 Å². The van der Waals surface area contributed by atoms with Crippen LogP contribution < -0.4 is 9.47 Å². The van der Waals surface area contributed by atoms with Crippen LogP contribution in [0.25, 0.3) is 0 Å². The summed E-state index contributed by atoms with van der Waals surface area (Å²) in [6.45, 7) is 4.04. The molecule has 0 saturated carbocycles. The average Bonchev–Trinajstić information content (AvgIpc) is 2.78. The van der Waals surface area contributed by atoms with Gasteiger partial charge in [0, 0.05) is 6.07 Å². The van der Waals surface area contributed by atoms with Crippen molar-refractivity contribution >= 4 is 10.0 Å². The maximum Gasteiger partial charge on any atom is 0.249 e. The van der Waals surface area contributed by atoms with Gasteiger partial charge < -0.3 is 14.2 Å². The largest absolute Gasteiger partial charge is 0.497 e. The third-order valence-corrected chi connectivity index (χ3v) is 5.33. The second-order valence-corrected chi connectivity index (χ2v) is 6.99. The number of hydrogen-bond acceptors (Lipinski definition) is 5. The van der Waals surface area contributed by atoms with Gasteiger partial charge in [0.1, 0.15) is 23.1 Å². The standard InChI is InChI=1S/C13H19NO5S/c1-13(2)8-19-9-14(13)20(15,16)12-7-10(17-3)5-6-11(12)18-4/h5-7H,8-9H2,1-4H3. The predicted molar refractivity (Wildman–Crippen MR) is 73.5 cm³/mol. The molecule has 0 bridgehead atoms. The first-order valence-electron chi connectivity index (χ1n) is 6.15. The van der Waals surface area contributed by atoms with Crippen molar-refractivity contribution in [1.29, 1.82) is 0 Å². The Bertz CT molecular complexity index is 597. The molecule has 20 heavy (non-hydrogen) atoms. The van der Waals surface area contributed by atoms with Crippen molar-refractivity contribution in [2.45, 2.75) is 24.3 Å². The van der Waals surface area contributed by atoms with Crippen LogP contribution in [0.2, 0.25) is 0 Å². The molecule has 6 nitrogen and oxygen atoms in total. The van der Waals surface area contributed by atoms with E-state index >= 15 is 0 Å². The van der Waals surface area contributed by atoms with Gasteiger partial charge in [-0.05, 0) is 26.0 Å². The summed E-state index contributed by atoms with van der Waals surface area (Å²) in [7, 11) is -0.794. The van der Waals surface area contributed by atoms with Crippen molar-refractivity contribution in [3.8, 4) is 11.5 Å². The monoisotopic (exact) mass is 301 g/mol. The molecule has 0 atom stereocenters. The van der Waals surface area contributed by atoms with E-state index in [-0.39, 0.29) is 17.4 Å².